The molecule has 8 nitrogen and oxygen atoms in total. The number of halogens is 1. The van der Waals surface area contributed by atoms with Crippen LogP contribution >= 0.6 is 11.6 Å². The minimum Gasteiger partial charge on any atom is -0.384 e. The molecule has 0 aliphatic carbocycles. The number of imidazole rings is 1. The van der Waals surface area contributed by atoms with Crippen molar-refractivity contribution < 1.29 is 0 Å². The lowest BCUT2D eigenvalue weighted by atomic mass is 10.2. The Morgan fingerprint density at radius 3 is 2.24 bits per heavy atom. The van der Waals surface area contributed by atoms with E-state index in [9.17, 15) is 10.5 Å². The SMILES string of the molecule is N#Cc1nc2c(-c3nc4ccccc4n3Cc3ccccc3)c(N)n(-c3ccccc3Cl)c2nc1C#N. The minimum absolute atomic E-state index is 0.0849. The molecule has 3 aromatic carbocycles. The van der Waals surface area contributed by atoms with Gasteiger partial charge in [-0.2, -0.15) is 10.5 Å². The van der Waals surface area contributed by atoms with Gasteiger partial charge in [-0.3, -0.25) is 4.57 Å². The molecule has 3 aromatic heterocycles. The van der Waals surface area contributed by atoms with Gasteiger partial charge in [-0.05, 0) is 29.8 Å². The average Bonchev–Trinajstić information content (AvgIpc) is 3.42. The average molecular weight is 501 g/mol. The van der Waals surface area contributed by atoms with E-state index in [0.717, 1.165) is 16.6 Å². The number of para-hydroxylation sites is 3. The van der Waals surface area contributed by atoms with Gasteiger partial charge < -0.3 is 10.3 Å². The topological polar surface area (TPSA) is 122 Å². The third-order valence-corrected chi connectivity index (χ3v) is 6.51. The number of hydrogen-bond donors (Lipinski definition) is 1. The number of nitriles is 2. The molecule has 0 aliphatic rings. The van der Waals surface area contributed by atoms with Gasteiger partial charge in [0.1, 0.15) is 29.3 Å². The Kier molecular flexibility index (Phi) is 5.30. The minimum atomic E-state index is -0.0925. The van der Waals surface area contributed by atoms with E-state index in [1.165, 1.54) is 0 Å². The molecule has 0 saturated carbocycles. The molecule has 0 unspecified atom stereocenters. The fourth-order valence-corrected chi connectivity index (χ4v) is 4.76. The Balaban J connectivity index is 1.73. The summed E-state index contributed by atoms with van der Waals surface area (Å²) >= 11 is 6.56. The monoisotopic (exact) mass is 500 g/mol. The number of nitrogens with two attached hydrogens (primary N) is 1. The first-order valence-electron chi connectivity index (χ1n) is 11.4. The highest BCUT2D eigenvalue weighted by Crippen LogP contribution is 2.40. The summed E-state index contributed by atoms with van der Waals surface area (Å²) in [5.74, 6) is 0.868. The van der Waals surface area contributed by atoms with Crippen molar-refractivity contribution in [3.05, 3.63) is 101 Å². The highest BCUT2D eigenvalue weighted by Gasteiger charge is 2.27. The summed E-state index contributed by atoms with van der Waals surface area (Å²) in [6.07, 6.45) is 0. The van der Waals surface area contributed by atoms with Crippen molar-refractivity contribution in [1.82, 2.24) is 24.1 Å². The third kappa shape index (κ3) is 3.56. The Bertz CT molecular complexity index is 1910. The zero-order valence-electron chi connectivity index (χ0n) is 19.3. The second-order valence-electron chi connectivity index (χ2n) is 8.36. The Labute approximate surface area is 216 Å². The number of hydrogen-bond acceptors (Lipinski definition) is 6. The molecule has 9 heteroatoms. The first-order chi connectivity index (χ1) is 18.1. The van der Waals surface area contributed by atoms with E-state index in [1.807, 2.05) is 78.9 Å². The van der Waals surface area contributed by atoms with Crippen LogP contribution < -0.4 is 5.73 Å². The van der Waals surface area contributed by atoms with Crippen molar-refractivity contribution >= 4 is 39.6 Å². The quantitative estimate of drug-likeness (QED) is 0.342. The molecule has 0 fully saturated rings. The van der Waals surface area contributed by atoms with Crippen LogP contribution in [0.5, 0.6) is 0 Å². The molecule has 0 amide bonds. The molecule has 3 heterocycles. The van der Waals surface area contributed by atoms with E-state index in [2.05, 4.69) is 14.5 Å². The van der Waals surface area contributed by atoms with Crippen molar-refractivity contribution in [1.29, 1.82) is 10.5 Å². The molecular weight excluding hydrogens is 484 g/mol. The van der Waals surface area contributed by atoms with Crippen molar-refractivity contribution in [2.24, 2.45) is 0 Å². The van der Waals surface area contributed by atoms with Gasteiger partial charge in [-0.25, -0.2) is 15.0 Å². The van der Waals surface area contributed by atoms with Gasteiger partial charge >= 0.3 is 0 Å². The number of rotatable bonds is 4. The maximum Gasteiger partial charge on any atom is 0.179 e. The van der Waals surface area contributed by atoms with E-state index in [-0.39, 0.29) is 11.4 Å². The van der Waals surface area contributed by atoms with Crippen molar-refractivity contribution in [3.63, 3.8) is 0 Å². The normalized spacial score (nSPS) is 11.0. The zero-order chi connectivity index (χ0) is 25.5. The molecule has 0 aliphatic heterocycles. The van der Waals surface area contributed by atoms with Crippen molar-refractivity contribution in [3.8, 4) is 29.2 Å². The predicted molar refractivity (Wildman–Crippen MR) is 142 cm³/mol. The maximum atomic E-state index is 9.69. The molecule has 176 valence electrons. The fourth-order valence-electron chi connectivity index (χ4n) is 4.54. The van der Waals surface area contributed by atoms with E-state index >= 15 is 0 Å². The molecule has 2 N–H and O–H groups in total. The van der Waals surface area contributed by atoms with Crippen LogP contribution in [0.3, 0.4) is 0 Å². The molecule has 37 heavy (non-hydrogen) atoms. The summed E-state index contributed by atoms with van der Waals surface area (Å²) in [7, 11) is 0. The van der Waals surface area contributed by atoms with Gasteiger partial charge in [-0.1, -0.05) is 66.2 Å². The van der Waals surface area contributed by atoms with Crippen LogP contribution in [-0.4, -0.2) is 24.1 Å². The third-order valence-electron chi connectivity index (χ3n) is 6.19. The van der Waals surface area contributed by atoms with E-state index in [4.69, 9.17) is 22.3 Å². The van der Waals surface area contributed by atoms with Gasteiger partial charge in [0.15, 0.2) is 17.0 Å². The molecule has 0 atom stereocenters. The standard InChI is InChI=1S/C28H17ClN8/c29-18-10-4-6-12-22(18)37-26(32)24(25-28(37)35-21(15-31)20(14-30)33-25)27-34-19-11-5-7-13-23(19)36(27)16-17-8-2-1-3-9-17/h1-13H,16,32H2. The predicted octanol–water partition coefficient (Wildman–Crippen LogP) is 5.46. The number of nitrogens with zero attached hydrogens (tertiary/aromatic N) is 7. The van der Waals surface area contributed by atoms with Crippen LogP contribution in [0.2, 0.25) is 5.02 Å². The number of benzene rings is 3. The summed E-state index contributed by atoms with van der Waals surface area (Å²) in [5.41, 5.74) is 11.2. The molecular formula is C28H17ClN8. The number of anilines is 1. The molecule has 6 aromatic rings. The Morgan fingerprint density at radius 1 is 0.811 bits per heavy atom. The lowest BCUT2D eigenvalue weighted by Crippen LogP contribution is -2.05. The maximum absolute atomic E-state index is 9.69. The highest BCUT2D eigenvalue weighted by molar-refractivity contribution is 6.32. The molecule has 0 saturated heterocycles. The summed E-state index contributed by atoms with van der Waals surface area (Å²) in [6, 6.07) is 29.0. The van der Waals surface area contributed by atoms with Crippen molar-refractivity contribution in [2.45, 2.75) is 6.54 Å². The van der Waals surface area contributed by atoms with Gasteiger partial charge in [0, 0.05) is 6.54 Å². The van der Waals surface area contributed by atoms with Crippen LogP contribution in [0.15, 0.2) is 78.9 Å². The van der Waals surface area contributed by atoms with E-state index in [0.29, 0.717) is 45.6 Å². The van der Waals surface area contributed by atoms with E-state index in [1.54, 1.807) is 16.7 Å². The summed E-state index contributed by atoms with van der Waals surface area (Å²) in [5, 5.41) is 19.8. The zero-order valence-corrected chi connectivity index (χ0v) is 20.1. The van der Waals surface area contributed by atoms with Crippen LogP contribution in [0.4, 0.5) is 5.82 Å². The summed E-state index contributed by atoms with van der Waals surface area (Å²) < 4.78 is 3.73. The summed E-state index contributed by atoms with van der Waals surface area (Å²) in [4.78, 5) is 14.0. The fraction of sp³-hybridized carbons (Fsp3) is 0.0357. The second-order valence-corrected chi connectivity index (χ2v) is 8.77. The molecule has 0 spiro atoms. The lowest BCUT2D eigenvalue weighted by Gasteiger charge is -2.11. The van der Waals surface area contributed by atoms with Gasteiger partial charge in [0.25, 0.3) is 0 Å². The van der Waals surface area contributed by atoms with Crippen molar-refractivity contribution in [2.75, 3.05) is 5.73 Å². The van der Waals surface area contributed by atoms with Gasteiger partial charge in [-0.15, -0.1) is 0 Å². The first kappa shape index (κ1) is 22.3. The second kappa shape index (κ2) is 8.80. The summed E-state index contributed by atoms with van der Waals surface area (Å²) in [6.45, 7) is 0.531. The highest BCUT2D eigenvalue weighted by atomic mass is 35.5. The smallest absolute Gasteiger partial charge is 0.179 e. The number of fused-ring (bicyclic) bond motifs is 2. The first-order valence-corrected chi connectivity index (χ1v) is 11.7. The van der Waals surface area contributed by atoms with Crippen LogP contribution in [0.25, 0.3) is 39.3 Å². The number of nitrogen functional groups attached to an aromatic ring is 1. The van der Waals surface area contributed by atoms with Crippen LogP contribution in [-0.2, 0) is 6.54 Å². The molecule has 0 bridgehead atoms. The van der Waals surface area contributed by atoms with E-state index < -0.39 is 0 Å². The van der Waals surface area contributed by atoms with Gasteiger partial charge in [0.05, 0.1) is 27.3 Å². The van der Waals surface area contributed by atoms with Crippen LogP contribution in [0.1, 0.15) is 17.0 Å². The largest absolute Gasteiger partial charge is 0.384 e. The van der Waals surface area contributed by atoms with Crippen LogP contribution in [0, 0.1) is 22.7 Å². The lowest BCUT2D eigenvalue weighted by molar-refractivity contribution is 0.835. The molecule has 0 radical (unpaired) electrons. The number of aromatic nitrogens is 5. The molecule has 6 rings (SSSR count). The Morgan fingerprint density at radius 2 is 1.49 bits per heavy atom. The Hall–Kier alpha value is -5.18. The van der Waals surface area contributed by atoms with Gasteiger partial charge in [0.2, 0.25) is 0 Å².